The van der Waals surface area contributed by atoms with Gasteiger partial charge in [-0.1, -0.05) is 13.8 Å². The molecule has 1 aliphatic carbocycles. The lowest BCUT2D eigenvalue weighted by Gasteiger charge is -2.33. The molecular formula is C9H20NP. The third kappa shape index (κ3) is 2.72. The highest BCUT2D eigenvalue weighted by Crippen LogP contribution is 2.42. The SMILES string of the molecule is CC1CC(P(C)N)C[C@@H](C)C1. The first-order chi connectivity index (χ1) is 5.09. The molecule has 1 nitrogen and oxygen atoms in total. The van der Waals surface area contributed by atoms with E-state index in [0.717, 1.165) is 17.5 Å². The topological polar surface area (TPSA) is 26.0 Å². The molecule has 1 aliphatic rings. The van der Waals surface area contributed by atoms with Crippen molar-refractivity contribution in [3.63, 3.8) is 0 Å². The summed E-state index contributed by atoms with van der Waals surface area (Å²) in [6, 6.07) is 0. The molecule has 66 valence electrons. The predicted molar refractivity (Wildman–Crippen MR) is 53.0 cm³/mol. The van der Waals surface area contributed by atoms with Crippen molar-refractivity contribution in [1.82, 2.24) is 0 Å². The Morgan fingerprint density at radius 2 is 1.55 bits per heavy atom. The summed E-state index contributed by atoms with van der Waals surface area (Å²) in [4.78, 5) is 0. The van der Waals surface area contributed by atoms with E-state index in [0.29, 0.717) is 0 Å². The number of nitrogens with two attached hydrogens (primary N) is 1. The van der Waals surface area contributed by atoms with Crippen molar-refractivity contribution < 1.29 is 0 Å². The summed E-state index contributed by atoms with van der Waals surface area (Å²) in [5, 5.41) is 0. The van der Waals surface area contributed by atoms with Gasteiger partial charge in [-0.25, -0.2) is 0 Å². The van der Waals surface area contributed by atoms with Gasteiger partial charge in [-0.2, -0.15) is 0 Å². The second kappa shape index (κ2) is 3.87. The summed E-state index contributed by atoms with van der Waals surface area (Å²) < 4.78 is 0. The van der Waals surface area contributed by atoms with Gasteiger partial charge in [0.05, 0.1) is 0 Å². The average Bonchev–Trinajstić information content (AvgIpc) is 1.85. The molecule has 4 atom stereocenters. The molecule has 0 aliphatic heterocycles. The van der Waals surface area contributed by atoms with E-state index in [1.807, 2.05) is 0 Å². The average molecular weight is 173 g/mol. The van der Waals surface area contributed by atoms with Gasteiger partial charge >= 0.3 is 0 Å². The molecule has 0 aromatic rings. The van der Waals surface area contributed by atoms with Crippen LogP contribution in [0.1, 0.15) is 33.1 Å². The van der Waals surface area contributed by atoms with E-state index in [-0.39, 0.29) is 8.07 Å². The maximum Gasteiger partial charge on any atom is -0.00778 e. The Balaban J connectivity index is 2.43. The lowest BCUT2D eigenvalue weighted by atomic mass is 9.83. The van der Waals surface area contributed by atoms with Gasteiger partial charge in [-0.05, 0) is 51.5 Å². The van der Waals surface area contributed by atoms with Crippen molar-refractivity contribution in [1.29, 1.82) is 0 Å². The van der Waals surface area contributed by atoms with Gasteiger partial charge in [0.25, 0.3) is 0 Å². The van der Waals surface area contributed by atoms with Crippen LogP contribution in [0.5, 0.6) is 0 Å². The Bertz CT molecular complexity index is 115. The van der Waals surface area contributed by atoms with Crippen molar-refractivity contribution in [2.75, 3.05) is 6.66 Å². The third-order valence-electron chi connectivity index (χ3n) is 2.73. The molecule has 1 rings (SSSR count). The van der Waals surface area contributed by atoms with Gasteiger partial charge in [-0.15, -0.1) is 0 Å². The Labute approximate surface area is 71.5 Å². The summed E-state index contributed by atoms with van der Waals surface area (Å²) in [5.41, 5.74) is 6.81. The molecule has 0 amide bonds. The van der Waals surface area contributed by atoms with Crippen LogP contribution in [0.3, 0.4) is 0 Å². The van der Waals surface area contributed by atoms with Crippen molar-refractivity contribution in [3.8, 4) is 0 Å². The molecule has 1 fully saturated rings. The lowest BCUT2D eigenvalue weighted by molar-refractivity contribution is 0.306. The number of rotatable bonds is 1. The van der Waals surface area contributed by atoms with Crippen LogP contribution >= 0.6 is 8.07 Å². The summed E-state index contributed by atoms with van der Waals surface area (Å²) >= 11 is 0. The normalized spacial score (nSPS) is 42.0. The zero-order valence-corrected chi connectivity index (χ0v) is 8.77. The van der Waals surface area contributed by atoms with Gasteiger partial charge in [0.1, 0.15) is 0 Å². The molecule has 0 saturated heterocycles. The standard InChI is InChI=1S/C9H20NP/c1-7-4-8(2)6-9(5-7)11(3)10/h7-9H,4-6,10H2,1-3H3/t7-,8?,9?,11?/m0/s1. The monoisotopic (exact) mass is 173 g/mol. The summed E-state index contributed by atoms with van der Waals surface area (Å²) in [5.74, 6) is 1.83. The van der Waals surface area contributed by atoms with Crippen LogP contribution in [0.2, 0.25) is 0 Å². The molecule has 0 aromatic carbocycles. The van der Waals surface area contributed by atoms with E-state index in [4.69, 9.17) is 5.50 Å². The Hall–Kier alpha value is 0.390. The van der Waals surface area contributed by atoms with E-state index in [1.165, 1.54) is 19.3 Å². The zero-order valence-electron chi connectivity index (χ0n) is 7.88. The minimum Gasteiger partial charge on any atom is -0.310 e. The van der Waals surface area contributed by atoms with E-state index in [2.05, 4.69) is 20.5 Å². The first-order valence-electron chi connectivity index (χ1n) is 4.57. The molecule has 0 spiro atoms. The predicted octanol–water partition coefficient (Wildman–Crippen LogP) is 2.80. The first kappa shape index (κ1) is 9.48. The summed E-state index contributed by atoms with van der Waals surface area (Å²) in [6.07, 6.45) is 4.17. The van der Waals surface area contributed by atoms with Gasteiger partial charge in [0, 0.05) is 0 Å². The number of hydrogen-bond acceptors (Lipinski definition) is 1. The fourth-order valence-electron chi connectivity index (χ4n) is 2.24. The van der Waals surface area contributed by atoms with Crippen LogP contribution in [-0.4, -0.2) is 12.3 Å². The third-order valence-corrected chi connectivity index (χ3v) is 4.30. The van der Waals surface area contributed by atoms with Crippen LogP contribution in [-0.2, 0) is 0 Å². The zero-order chi connectivity index (χ0) is 8.43. The quantitative estimate of drug-likeness (QED) is 0.606. The molecule has 3 unspecified atom stereocenters. The molecule has 11 heavy (non-hydrogen) atoms. The largest absolute Gasteiger partial charge is 0.310 e. The van der Waals surface area contributed by atoms with Crippen LogP contribution < -0.4 is 5.50 Å². The van der Waals surface area contributed by atoms with Gasteiger partial charge in [-0.3, -0.25) is 0 Å². The maximum atomic E-state index is 5.96. The molecule has 2 N–H and O–H groups in total. The number of hydrogen-bond donors (Lipinski definition) is 1. The van der Waals surface area contributed by atoms with Crippen LogP contribution in [0.4, 0.5) is 0 Å². The van der Waals surface area contributed by atoms with Crippen LogP contribution in [0, 0.1) is 11.8 Å². The molecule has 1 saturated carbocycles. The van der Waals surface area contributed by atoms with Crippen molar-refractivity contribution in [3.05, 3.63) is 0 Å². The molecule has 0 aromatic heterocycles. The Morgan fingerprint density at radius 3 is 1.91 bits per heavy atom. The second-order valence-corrected chi connectivity index (χ2v) is 6.30. The minimum absolute atomic E-state index is 0.172. The highest BCUT2D eigenvalue weighted by atomic mass is 31.1. The van der Waals surface area contributed by atoms with Crippen molar-refractivity contribution in [2.45, 2.75) is 38.8 Å². The van der Waals surface area contributed by atoms with E-state index < -0.39 is 0 Å². The van der Waals surface area contributed by atoms with Crippen molar-refractivity contribution in [2.24, 2.45) is 17.3 Å². The second-order valence-electron chi connectivity index (χ2n) is 4.24. The van der Waals surface area contributed by atoms with E-state index in [9.17, 15) is 0 Å². The van der Waals surface area contributed by atoms with E-state index in [1.54, 1.807) is 0 Å². The summed E-state index contributed by atoms with van der Waals surface area (Å²) in [7, 11) is -0.172. The summed E-state index contributed by atoms with van der Waals surface area (Å²) in [6.45, 7) is 6.94. The lowest BCUT2D eigenvalue weighted by Crippen LogP contribution is -2.24. The molecule has 2 heteroatoms. The first-order valence-corrected chi connectivity index (χ1v) is 6.50. The molecule has 0 radical (unpaired) electrons. The Morgan fingerprint density at radius 1 is 1.09 bits per heavy atom. The van der Waals surface area contributed by atoms with Gasteiger partial charge in [0.2, 0.25) is 0 Å². The highest BCUT2D eigenvalue weighted by Gasteiger charge is 2.25. The Kier molecular flexibility index (Phi) is 3.33. The highest BCUT2D eigenvalue weighted by molar-refractivity contribution is 7.55. The fourth-order valence-corrected chi connectivity index (χ4v) is 3.62. The molecular weight excluding hydrogens is 153 g/mol. The minimum atomic E-state index is -0.172. The smallest absolute Gasteiger partial charge is 0.00778 e. The fraction of sp³-hybridized carbons (Fsp3) is 1.00. The van der Waals surface area contributed by atoms with Gasteiger partial charge in [0.15, 0.2) is 0 Å². The van der Waals surface area contributed by atoms with Gasteiger partial charge < -0.3 is 5.50 Å². The molecule has 0 bridgehead atoms. The van der Waals surface area contributed by atoms with Crippen LogP contribution in [0.25, 0.3) is 0 Å². The maximum absolute atomic E-state index is 5.96. The van der Waals surface area contributed by atoms with Crippen molar-refractivity contribution >= 4 is 8.07 Å². The van der Waals surface area contributed by atoms with Crippen LogP contribution in [0.15, 0.2) is 0 Å². The molecule has 0 heterocycles. The van der Waals surface area contributed by atoms with E-state index >= 15 is 0 Å².